The molecule has 0 aliphatic carbocycles. The molecule has 0 atom stereocenters. The van der Waals surface area contributed by atoms with E-state index in [1.165, 1.54) is 0 Å². The zero-order valence-corrected chi connectivity index (χ0v) is 32.5. The number of nitrogens with zero attached hydrogens (tertiary/aromatic N) is 2. The molecule has 0 amide bonds. The molecule has 55 heavy (non-hydrogen) atoms. The molecule has 2 heterocycles. The second-order valence-corrected chi connectivity index (χ2v) is 17.1. The van der Waals surface area contributed by atoms with E-state index in [1.807, 2.05) is 60.7 Å². The van der Waals surface area contributed by atoms with Crippen LogP contribution in [0, 0.1) is 6.92 Å². The molecule has 0 fully saturated rings. The molecule has 2 aromatic heterocycles. The highest BCUT2D eigenvalue weighted by Crippen LogP contribution is 2.38. The van der Waals surface area contributed by atoms with Crippen molar-refractivity contribution in [1.29, 1.82) is 0 Å². The van der Waals surface area contributed by atoms with Gasteiger partial charge in [0.2, 0.25) is 0 Å². The molecule has 4 aromatic carbocycles. The van der Waals surface area contributed by atoms with Gasteiger partial charge in [-0.3, -0.25) is 19.1 Å². The van der Waals surface area contributed by atoms with E-state index in [9.17, 15) is 28.7 Å². The number of benzene rings is 4. The summed E-state index contributed by atoms with van der Waals surface area (Å²) in [5.41, 5.74) is 12.6. The molecule has 10 nitrogen and oxygen atoms in total. The second kappa shape index (κ2) is 18.4. The van der Waals surface area contributed by atoms with Crippen LogP contribution in [0.25, 0.3) is 55.9 Å². The number of rotatable bonds is 17. The van der Waals surface area contributed by atoms with Gasteiger partial charge in [0.15, 0.2) is 0 Å². The van der Waals surface area contributed by atoms with Crippen LogP contribution in [-0.2, 0) is 22.2 Å². The SMILES string of the molecule is Cc1ccc(-c2ccc(CNCCCP(=O)(O)O)nc2-c2ccccc2)cc1-c1cccc(-c2nc(CNCCCP(=O)(O)O)ccc2-c2ccccc2)c1. The fraction of sp³-hybridized carbons (Fsp3) is 0.209. The lowest BCUT2D eigenvalue weighted by molar-refractivity contribution is 0.369. The van der Waals surface area contributed by atoms with Gasteiger partial charge in [-0.25, -0.2) is 0 Å². The maximum Gasteiger partial charge on any atom is 0.325 e. The van der Waals surface area contributed by atoms with Crippen LogP contribution < -0.4 is 10.6 Å². The lowest BCUT2D eigenvalue weighted by atomic mass is 9.91. The van der Waals surface area contributed by atoms with Gasteiger partial charge in [0.25, 0.3) is 0 Å². The maximum absolute atomic E-state index is 11.3. The van der Waals surface area contributed by atoms with E-state index in [0.717, 1.165) is 72.8 Å². The fourth-order valence-corrected chi connectivity index (χ4v) is 7.64. The molecular weight excluding hydrogens is 730 g/mol. The zero-order chi connectivity index (χ0) is 38.8. The Morgan fingerprint density at radius 2 is 0.964 bits per heavy atom. The number of hydrogen-bond acceptors (Lipinski definition) is 6. The van der Waals surface area contributed by atoms with Gasteiger partial charge in [-0.1, -0.05) is 103 Å². The molecule has 6 aromatic rings. The highest BCUT2D eigenvalue weighted by Gasteiger charge is 2.17. The Balaban J connectivity index is 1.32. The minimum Gasteiger partial charge on any atom is -0.324 e. The van der Waals surface area contributed by atoms with Gasteiger partial charge in [-0.05, 0) is 84.9 Å². The van der Waals surface area contributed by atoms with Gasteiger partial charge in [0, 0.05) is 35.3 Å². The first-order valence-corrected chi connectivity index (χ1v) is 21.9. The van der Waals surface area contributed by atoms with Gasteiger partial charge in [0.1, 0.15) is 0 Å². The molecule has 0 aliphatic rings. The molecule has 284 valence electrons. The highest BCUT2D eigenvalue weighted by atomic mass is 31.2. The molecule has 0 bridgehead atoms. The first kappa shape index (κ1) is 40.1. The van der Waals surface area contributed by atoms with Crippen molar-refractivity contribution >= 4 is 15.2 Å². The fourth-order valence-electron chi connectivity index (χ4n) is 6.50. The molecule has 12 heteroatoms. The molecule has 0 saturated heterocycles. The number of aromatic nitrogens is 2. The van der Waals surface area contributed by atoms with E-state index in [2.05, 4.69) is 84.3 Å². The summed E-state index contributed by atoms with van der Waals surface area (Å²) in [7, 11) is -8.05. The highest BCUT2D eigenvalue weighted by molar-refractivity contribution is 7.52. The molecule has 6 N–H and O–H groups in total. The third-order valence-corrected chi connectivity index (χ3v) is 11.0. The average molecular weight is 777 g/mol. The first-order valence-electron chi connectivity index (χ1n) is 18.3. The Morgan fingerprint density at radius 1 is 0.491 bits per heavy atom. The summed E-state index contributed by atoms with van der Waals surface area (Å²) in [5, 5.41) is 6.54. The normalized spacial score (nSPS) is 11.9. The van der Waals surface area contributed by atoms with Crippen molar-refractivity contribution in [3.8, 4) is 55.9 Å². The van der Waals surface area contributed by atoms with Crippen molar-refractivity contribution in [2.24, 2.45) is 0 Å². The molecular formula is C43H46N4O6P2. The van der Waals surface area contributed by atoms with Crippen LogP contribution >= 0.6 is 15.2 Å². The van der Waals surface area contributed by atoms with E-state index >= 15 is 0 Å². The van der Waals surface area contributed by atoms with Crippen molar-refractivity contribution in [2.75, 3.05) is 25.4 Å². The van der Waals surface area contributed by atoms with E-state index in [1.54, 1.807) is 0 Å². The minimum atomic E-state index is -4.03. The summed E-state index contributed by atoms with van der Waals surface area (Å²) in [4.78, 5) is 47.0. The van der Waals surface area contributed by atoms with Crippen molar-refractivity contribution in [1.82, 2.24) is 20.6 Å². The van der Waals surface area contributed by atoms with Crippen molar-refractivity contribution in [3.05, 3.63) is 144 Å². The van der Waals surface area contributed by atoms with Gasteiger partial charge in [-0.15, -0.1) is 0 Å². The second-order valence-electron chi connectivity index (χ2n) is 13.6. The Labute approximate surface area is 322 Å². The van der Waals surface area contributed by atoms with Crippen LogP contribution in [0.3, 0.4) is 0 Å². The topological polar surface area (TPSA) is 165 Å². The average Bonchev–Trinajstić information content (AvgIpc) is 3.17. The standard InChI is InChI=1S/C43H46N4O6P2/c1-31-17-18-35(40-22-20-37(29-44-23-9-25-54(48,49)50)46-42(40)33-13-6-3-7-14-33)28-41(31)34-15-8-16-36(27-34)43-39(32-11-4-2-5-12-32)21-19-38(47-43)30-45-24-10-26-55(51,52)53/h2-8,11-22,27-28,44-45H,9-10,23-26,29-30H2,1H3,(H2,48,49,50)(H2,51,52,53). The smallest absolute Gasteiger partial charge is 0.324 e. The Kier molecular flexibility index (Phi) is 13.4. The zero-order valence-electron chi connectivity index (χ0n) is 30.7. The largest absolute Gasteiger partial charge is 0.325 e. The summed E-state index contributed by atoms with van der Waals surface area (Å²) in [6.45, 7) is 3.99. The third-order valence-electron chi connectivity index (χ3n) is 9.25. The summed E-state index contributed by atoms with van der Waals surface area (Å²) < 4.78 is 22.5. The van der Waals surface area contributed by atoms with Crippen LogP contribution in [-0.4, -0.2) is 55.0 Å². The number of pyridine rings is 2. The molecule has 0 spiro atoms. The summed E-state index contributed by atoms with van der Waals surface area (Å²) in [6.07, 6.45) is 0.434. The predicted octanol–water partition coefficient (Wildman–Crippen LogP) is 8.43. The van der Waals surface area contributed by atoms with Crippen molar-refractivity contribution in [3.63, 3.8) is 0 Å². The third kappa shape index (κ3) is 11.5. The quantitative estimate of drug-likeness (QED) is 0.0391. The number of aryl methyl sites for hydroxylation is 1. The van der Waals surface area contributed by atoms with Crippen LogP contribution in [0.1, 0.15) is 29.8 Å². The first-order chi connectivity index (χ1) is 26.4. The monoisotopic (exact) mass is 776 g/mol. The van der Waals surface area contributed by atoms with E-state index in [-0.39, 0.29) is 12.3 Å². The summed E-state index contributed by atoms with van der Waals surface area (Å²) >= 11 is 0. The van der Waals surface area contributed by atoms with Crippen LogP contribution in [0.4, 0.5) is 0 Å². The van der Waals surface area contributed by atoms with Crippen LogP contribution in [0.5, 0.6) is 0 Å². The van der Waals surface area contributed by atoms with Gasteiger partial charge >= 0.3 is 15.2 Å². The van der Waals surface area contributed by atoms with Crippen LogP contribution in [0.15, 0.2) is 127 Å². The van der Waals surface area contributed by atoms with Gasteiger partial charge in [-0.2, -0.15) is 0 Å². The lowest BCUT2D eigenvalue weighted by Gasteiger charge is -2.16. The predicted molar refractivity (Wildman–Crippen MR) is 220 cm³/mol. The molecule has 0 aliphatic heterocycles. The van der Waals surface area contributed by atoms with Crippen molar-refractivity contribution in [2.45, 2.75) is 32.9 Å². The molecule has 0 radical (unpaired) electrons. The van der Waals surface area contributed by atoms with Gasteiger partial charge < -0.3 is 30.2 Å². The van der Waals surface area contributed by atoms with Gasteiger partial charge in [0.05, 0.1) is 35.1 Å². The Morgan fingerprint density at radius 3 is 1.53 bits per heavy atom. The number of nitrogens with one attached hydrogen (secondary N) is 2. The summed E-state index contributed by atoms with van der Waals surface area (Å²) in [6, 6.07) is 43.3. The van der Waals surface area contributed by atoms with E-state index < -0.39 is 15.2 Å². The van der Waals surface area contributed by atoms with Crippen LogP contribution in [0.2, 0.25) is 0 Å². The number of hydrogen-bond donors (Lipinski definition) is 6. The minimum absolute atomic E-state index is 0.152. The van der Waals surface area contributed by atoms with E-state index in [4.69, 9.17) is 9.97 Å². The maximum atomic E-state index is 11.3. The van der Waals surface area contributed by atoms with E-state index in [0.29, 0.717) is 39.0 Å². The molecule has 0 unspecified atom stereocenters. The Bertz CT molecular complexity index is 2310. The lowest BCUT2D eigenvalue weighted by Crippen LogP contribution is -2.17. The Hall–Kier alpha value is -4.60. The van der Waals surface area contributed by atoms with Crippen molar-refractivity contribution < 1.29 is 28.7 Å². The summed E-state index contributed by atoms with van der Waals surface area (Å²) in [5.74, 6) is 0. The molecule has 6 rings (SSSR count). The molecule has 0 saturated carbocycles.